The van der Waals surface area contributed by atoms with Crippen LogP contribution in [0.3, 0.4) is 0 Å². The molecule has 2 amide bonds. The minimum absolute atomic E-state index is 0.00169. The number of hydrogen-bond donors (Lipinski definition) is 2. The van der Waals surface area contributed by atoms with Crippen LogP contribution in [0, 0.1) is 0 Å². The zero-order valence-corrected chi connectivity index (χ0v) is 15.9. The van der Waals surface area contributed by atoms with Crippen LogP contribution in [0.2, 0.25) is 0 Å². The molecule has 0 fully saturated rings. The lowest BCUT2D eigenvalue weighted by Gasteiger charge is -2.06. The molecule has 0 bridgehead atoms. The van der Waals surface area contributed by atoms with Crippen molar-refractivity contribution < 1.29 is 18.7 Å². The van der Waals surface area contributed by atoms with Crippen molar-refractivity contribution in [3.05, 3.63) is 49.1 Å². The fourth-order valence-corrected chi connectivity index (χ4v) is 2.58. The molecule has 6 heteroatoms. The third kappa shape index (κ3) is 6.27. The number of amides is 2. The molecular formula is C20H28N4O2+2. The number of nitrogens with one attached hydrogen (secondary N) is 2. The summed E-state index contributed by atoms with van der Waals surface area (Å²) in [6.45, 7) is 8.38. The Morgan fingerprint density at radius 2 is 1.04 bits per heavy atom. The van der Waals surface area contributed by atoms with Crippen LogP contribution in [0.15, 0.2) is 49.1 Å². The van der Waals surface area contributed by atoms with Gasteiger partial charge in [0.2, 0.25) is 13.1 Å². The molecule has 0 aliphatic heterocycles. The molecule has 0 spiro atoms. The molecular weight excluding hydrogens is 328 g/mol. The summed E-state index contributed by atoms with van der Waals surface area (Å²) in [4.78, 5) is 23.6. The summed E-state index contributed by atoms with van der Waals surface area (Å²) in [7, 11) is 0. The SMILES string of the molecule is CC(C)NC(=O)C[n+]1ccc(-c2cc[n+](CC(=O)NC(C)C)cc2)cc1. The first-order chi connectivity index (χ1) is 12.3. The van der Waals surface area contributed by atoms with Gasteiger partial charge in [-0.2, -0.15) is 9.13 Å². The molecule has 2 heterocycles. The van der Waals surface area contributed by atoms with Crippen LogP contribution < -0.4 is 19.8 Å². The Bertz CT molecular complexity index is 672. The van der Waals surface area contributed by atoms with Crippen molar-refractivity contribution in [1.82, 2.24) is 10.6 Å². The van der Waals surface area contributed by atoms with Gasteiger partial charge >= 0.3 is 0 Å². The maximum absolute atomic E-state index is 11.8. The van der Waals surface area contributed by atoms with E-state index in [1.54, 1.807) is 0 Å². The monoisotopic (exact) mass is 356 g/mol. The Labute approximate surface area is 154 Å². The number of hydrogen-bond acceptors (Lipinski definition) is 2. The molecule has 2 aromatic heterocycles. The second-order valence-electron chi connectivity index (χ2n) is 6.96. The highest BCUT2D eigenvalue weighted by molar-refractivity contribution is 5.75. The van der Waals surface area contributed by atoms with Crippen LogP contribution in [-0.2, 0) is 22.7 Å². The maximum Gasteiger partial charge on any atom is 0.286 e. The Balaban J connectivity index is 1.98. The second kappa shape index (κ2) is 9.08. The molecule has 0 aliphatic carbocycles. The van der Waals surface area contributed by atoms with Crippen LogP contribution in [0.5, 0.6) is 0 Å². The zero-order chi connectivity index (χ0) is 19.1. The summed E-state index contributed by atoms with van der Waals surface area (Å²) in [5.41, 5.74) is 2.12. The molecule has 2 N–H and O–H groups in total. The maximum atomic E-state index is 11.8. The lowest BCUT2D eigenvalue weighted by Crippen LogP contribution is -2.44. The molecule has 6 nitrogen and oxygen atoms in total. The van der Waals surface area contributed by atoms with Crippen molar-refractivity contribution in [3.63, 3.8) is 0 Å². The molecule has 0 aromatic carbocycles. The molecule has 138 valence electrons. The molecule has 0 saturated heterocycles. The van der Waals surface area contributed by atoms with E-state index in [1.165, 1.54) is 0 Å². The number of carbonyl (C=O) groups excluding carboxylic acids is 2. The number of nitrogens with zero attached hydrogens (tertiary/aromatic N) is 2. The predicted octanol–water partition coefficient (Wildman–Crippen LogP) is 0.978. The summed E-state index contributed by atoms with van der Waals surface area (Å²) >= 11 is 0. The minimum atomic E-state index is -0.00169. The highest BCUT2D eigenvalue weighted by atomic mass is 16.2. The van der Waals surface area contributed by atoms with E-state index >= 15 is 0 Å². The van der Waals surface area contributed by atoms with Gasteiger partial charge in [-0.3, -0.25) is 9.59 Å². The standard InChI is InChI=1S/C20H26N4O2/c1-15(2)21-19(25)13-23-9-5-17(6-10-23)18-7-11-24(12-8-18)14-20(26)22-16(3)4/h5-12,15-16H,13-14H2,1-4H3/p+2. The van der Waals surface area contributed by atoms with E-state index < -0.39 is 0 Å². The van der Waals surface area contributed by atoms with E-state index in [-0.39, 0.29) is 23.9 Å². The van der Waals surface area contributed by atoms with Crippen molar-refractivity contribution in [3.8, 4) is 11.1 Å². The summed E-state index contributed by atoms with van der Waals surface area (Å²) in [5.74, 6) is -0.00338. The smallest absolute Gasteiger partial charge is 0.286 e. The van der Waals surface area contributed by atoms with Crippen LogP contribution in [0.1, 0.15) is 27.7 Å². The first-order valence-electron chi connectivity index (χ1n) is 8.91. The average molecular weight is 356 g/mol. The summed E-state index contributed by atoms with van der Waals surface area (Å²) in [5, 5.41) is 5.75. The zero-order valence-electron chi connectivity index (χ0n) is 15.9. The third-order valence-electron chi connectivity index (χ3n) is 3.67. The predicted molar refractivity (Wildman–Crippen MR) is 98.8 cm³/mol. The molecule has 0 unspecified atom stereocenters. The van der Waals surface area contributed by atoms with Gasteiger partial charge in [-0.15, -0.1) is 0 Å². The summed E-state index contributed by atoms with van der Waals surface area (Å²) < 4.78 is 3.70. The largest absolute Gasteiger partial charge is 0.348 e. The van der Waals surface area contributed by atoms with Crippen molar-refractivity contribution in [2.75, 3.05) is 0 Å². The lowest BCUT2D eigenvalue weighted by molar-refractivity contribution is -0.684. The van der Waals surface area contributed by atoms with Gasteiger partial charge in [0.1, 0.15) is 0 Å². The number of rotatable bonds is 7. The minimum Gasteiger partial charge on any atom is -0.348 e. The molecule has 2 rings (SSSR count). The topological polar surface area (TPSA) is 66.0 Å². The quantitative estimate of drug-likeness (QED) is 0.726. The molecule has 2 aromatic rings. The van der Waals surface area contributed by atoms with E-state index in [2.05, 4.69) is 10.6 Å². The normalized spacial score (nSPS) is 10.8. The van der Waals surface area contributed by atoms with E-state index in [4.69, 9.17) is 0 Å². The molecule has 26 heavy (non-hydrogen) atoms. The highest BCUT2D eigenvalue weighted by Crippen LogP contribution is 2.15. The molecule has 0 saturated carbocycles. The first kappa shape index (κ1) is 19.6. The van der Waals surface area contributed by atoms with Gasteiger partial charge < -0.3 is 10.6 Å². The van der Waals surface area contributed by atoms with Crippen LogP contribution >= 0.6 is 0 Å². The van der Waals surface area contributed by atoms with Gasteiger partial charge in [-0.1, -0.05) is 0 Å². The van der Waals surface area contributed by atoms with E-state index in [1.807, 2.05) is 85.9 Å². The van der Waals surface area contributed by atoms with Gasteiger partial charge in [0.15, 0.2) is 24.8 Å². The van der Waals surface area contributed by atoms with Gasteiger partial charge in [0.05, 0.1) is 0 Å². The molecule has 0 radical (unpaired) electrons. The van der Waals surface area contributed by atoms with Crippen LogP contribution in [0.4, 0.5) is 0 Å². The van der Waals surface area contributed by atoms with E-state index in [9.17, 15) is 9.59 Å². The molecule has 0 aliphatic rings. The van der Waals surface area contributed by atoms with E-state index in [0.29, 0.717) is 13.1 Å². The van der Waals surface area contributed by atoms with Gasteiger partial charge in [-0.05, 0) is 38.8 Å². The number of aromatic nitrogens is 2. The van der Waals surface area contributed by atoms with Crippen molar-refractivity contribution in [1.29, 1.82) is 0 Å². The fourth-order valence-electron chi connectivity index (χ4n) is 2.58. The lowest BCUT2D eigenvalue weighted by atomic mass is 10.1. The second-order valence-corrected chi connectivity index (χ2v) is 6.96. The summed E-state index contributed by atoms with van der Waals surface area (Å²) in [6, 6.07) is 8.20. The Morgan fingerprint density at radius 1 is 0.731 bits per heavy atom. The average Bonchev–Trinajstić information content (AvgIpc) is 2.54. The highest BCUT2D eigenvalue weighted by Gasteiger charge is 2.12. The Kier molecular flexibility index (Phi) is 6.83. The molecule has 0 atom stereocenters. The Morgan fingerprint density at radius 3 is 1.31 bits per heavy atom. The Hall–Kier alpha value is -2.76. The third-order valence-corrected chi connectivity index (χ3v) is 3.67. The van der Waals surface area contributed by atoms with Crippen molar-refractivity contribution >= 4 is 11.8 Å². The fraction of sp³-hybridized carbons (Fsp3) is 0.400. The first-order valence-corrected chi connectivity index (χ1v) is 8.91. The van der Waals surface area contributed by atoms with Crippen LogP contribution in [0.25, 0.3) is 11.1 Å². The van der Waals surface area contributed by atoms with Crippen molar-refractivity contribution in [2.24, 2.45) is 0 Å². The summed E-state index contributed by atoms with van der Waals surface area (Å²) in [6.07, 6.45) is 7.58. The van der Waals surface area contributed by atoms with Crippen molar-refractivity contribution in [2.45, 2.75) is 52.9 Å². The van der Waals surface area contributed by atoms with Gasteiger partial charge in [0, 0.05) is 36.3 Å². The number of carbonyl (C=O) groups is 2. The van der Waals surface area contributed by atoms with Crippen LogP contribution in [-0.4, -0.2) is 23.9 Å². The van der Waals surface area contributed by atoms with Gasteiger partial charge in [0.25, 0.3) is 11.8 Å². The number of pyridine rings is 2. The van der Waals surface area contributed by atoms with Gasteiger partial charge in [-0.25, -0.2) is 0 Å². The van der Waals surface area contributed by atoms with E-state index in [0.717, 1.165) is 11.1 Å².